The quantitative estimate of drug-likeness (QED) is 0.352. The molecule has 0 bridgehead atoms. The fourth-order valence-electron chi connectivity index (χ4n) is 2.22. The molecule has 1 aliphatic rings. The molecule has 0 unspecified atom stereocenters. The highest BCUT2D eigenvalue weighted by Crippen LogP contribution is 2.22. The Hall–Kier alpha value is -1.78. The summed E-state index contributed by atoms with van der Waals surface area (Å²) in [7, 11) is 0. The zero-order chi connectivity index (χ0) is 12.1. The van der Waals surface area contributed by atoms with Crippen molar-refractivity contribution in [1.29, 1.82) is 0 Å². The van der Waals surface area contributed by atoms with Crippen LogP contribution in [0.4, 0.5) is 5.69 Å². The predicted octanol–water partition coefficient (Wildman–Crippen LogP) is 1.56. The van der Waals surface area contributed by atoms with Crippen LogP contribution in [-0.4, -0.2) is 29.1 Å². The van der Waals surface area contributed by atoms with Crippen LogP contribution < -0.4 is 10.6 Å². The van der Waals surface area contributed by atoms with Gasteiger partial charge in [0.1, 0.15) is 0 Å². The monoisotopic (exact) mass is 234 g/mol. The third-order valence-electron chi connectivity index (χ3n) is 3.13. The van der Waals surface area contributed by atoms with E-state index in [-0.39, 0.29) is 5.84 Å². The topological polar surface area (TPSA) is 74.7 Å². The molecule has 3 N–H and O–H groups in total. The van der Waals surface area contributed by atoms with Gasteiger partial charge in [0.2, 0.25) is 0 Å². The molecule has 0 atom stereocenters. The Bertz CT molecular complexity index is 397. The summed E-state index contributed by atoms with van der Waals surface area (Å²) in [6, 6.07) is 1.79. The second-order valence-electron chi connectivity index (χ2n) is 4.28. The van der Waals surface area contributed by atoms with Gasteiger partial charge in [-0.3, -0.25) is 4.98 Å². The Balaban J connectivity index is 2.30. The van der Waals surface area contributed by atoms with E-state index in [9.17, 15) is 0 Å². The average molecular weight is 234 g/mol. The number of nitrogens with two attached hydrogens (primary N) is 1. The Morgan fingerprint density at radius 1 is 1.29 bits per heavy atom. The van der Waals surface area contributed by atoms with Gasteiger partial charge in [-0.1, -0.05) is 18.0 Å². The minimum atomic E-state index is 0.145. The van der Waals surface area contributed by atoms with Crippen LogP contribution in [0.3, 0.4) is 0 Å². The van der Waals surface area contributed by atoms with Crippen molar-refractivity contribution in [2.24, 2.45) is 10.9 Å². The van der Waals surface area contributed by atoms with Gasteiger partial charge in [-0.05, 0) is 18.9 Å². The van der Waals surface area contributed by atoms with Gasteiger partial charge in [0, 0.05) is 24.8 Å². The molecule has 1 fully saturated rings. The summed E-state index contributed by atoms with van der Waals surface area (Å²) in [5.74, 6) is 0.145. The third-order valence-corrected chi connectivity index (χ3v) is 3.13. The van der Waals surface area contributed by atoms with E-state index >= 15 is 0 Å². The Morgan fingerprint density at radius 3 is 2.65 bits per heavy atom. The lowest BCUT2D eigenvalue weighted by molar-refractivity contribution is 0.318. The lowest BCUT2D eigenvalue weighted by atomic mass is 10.2. The number of hydrogen-bond acceptors (Lipinski definition) is 4. The van der Waals surface area contributed by atoms with E-state index in [4.69, 9.17) is 10.9 Å². The molecule has 1 aliphatic heterocycles. The molecular weight excluding hydrogens is 216 g/mol. The van der Waals surface area contributed by atoms with Gasteiger partial charge in [-0.25, -0.2) is 0 Å². The van der Waals surface area contributed by atoms with Crippen molar-refractivity contribution >= 4 is 11.5 Å². The van der Waals surface area contributed by atoms with E-state index in [1.807, 2.05) is 0 Å². The summed E-state index contributed by atoms with van der Waals surface area (Å²) >= 11 is 0. The first-order valence-corrected chi connectivity index (χ1v) is 6.00. The number of oxime groups is 1. The lowest BCUT2D eigenvalue weighted by Crippen LogP contribution is -2.27. The molecule has 5 nitrogen and oxygen atoms in total. The highest BCUT2D eigenvalue weighted by molar-refractivity contribution is 6.01. The maximum absolute atomic E-state index is 8.79. The Kier molecular flexibility index (Phi) is 3.80. The molecule has 1 saturated heterocycles. The van der Waals surface area contributed by atoms with Crippen LogP contribution in [0.15, 0.2) is 23.6 Å². The molecule has 0 aliphatic carbocycles. The van der Waals surface area contributed by atoms with Crippen molar-refractivity contribution in [2.75, 3.05) is 18.0 Å². The molecule has 2 rings (SSSR count). The summed E-state index contributed by atoms with van der Waals surface area (Å²) in [6.07, 6.45) is 8.37. The van der Waals surface area contributed by atoms with Crippen LogP contribution >= 0.6 is 0 Å². The Morgan fingerprint density at radius 2 is 2.00 bits per heavy atom. The number of anilines is 1. The smallest absolute Gasteiger partial charge is 0.172 e. The van der Waals surface area contributed by atoms with Crippen LogP contribution in [0.1, 0.15) is 31.2 Å². The number of rotatable bonds is 2. The van der Waals surface area contributed by atoms with Crippen LogP contribution in [0.2, 0.25) is 0 Å². The minimum absolute atomic E-state index is 0.145. The maximum atomic E-state index is 8.79. The van der Waals surface area contributed by atoms with E-state index in [0.29, 0.717) is 0 Å². The zero-order valence-corrected chi connectivity index (χ0v) is 9.84. The molecule has 0 aromatic carbocycles. The number of nitrogens with zero attached hydrogens (tertiary/aromatic N) is 3. The molecule has 1 aromatic rings. The summed E-state index contributed by atoms with van der Waals surface area (Å²) in [4.78, 5) is 6.41. The number of aromatic nitrogens is 1. The average Bonchev–Trinajstić information content (AvgIpc) is 2.66. The van der Waals surface area contributed by atoms with Crippen molar-refractivity contribution < 1.29 is 5.21 Å². The van der Waals surface area contributed by atoms with Crippen molar-refractivity contribution in [3.8, 4) is 0 Å². The summed E-state index contributed by atoms with van der Waals surface area (Å²) < 4.78 is 0. The van der Waals surface area contributed by atoms with Gasteiger partial charge in [-0.15, -0.1) is 0 Å². The largest absolute Gasteiger partial charge is 0.409 e. The summed E-state index contributed by atoms with van der Waals surface area (Å²) in [6.45, 7) is 2.02. The second-order valence-corrected chi connectivity index (χ2v) is 4.28. The van der Waals surface area contributed by atoms with Crippen molar-refractivity contribution in [1.82, 2.24) is 4.98 Å². The first-order chi connectivity index (χ1) is 8.33. The standard InChI is InChI=1S/C12H18N4O/c13-12(15-17)10-5-6-14-9-11(10)16-7-3-1-2-4-8-16/h5-6,9,17H,1-4,7-8H2,(H2,13,15). The van der Waals surface area contributed by atoms with Crippen LogP contribution in [0.5, 0.6) is 0 Å². The first-order valence-electron chi connectivity index (χ1n) is 6.00. The highest BCUT2D eigenvalue weighted by Gasteiger charge is 2.15. The highest BCUT2D eigenvalue weighted by atomic mass is 16.4. The predicted molar refractivity (Wildman–Crippen MR) is 67.4 cm³/mol. The van der Waals surface area contributed by atoms with E-state index in [1.54, 1.807) is 18.5 Å². The van der Waals surface area contributed by atoms with Gasteiger partial charge in [0.05, 0.1) is 11.9 Å². The van der Waals surface area contributed by atoms with Crippen LogP contribution in [-0.2, 0) is 0 Å². The lowest BCUT2D eigenvalue weighted by Gasteiger charge is -2.24. The van der Waals surface area contributed by atoms with Gasteiger partial charge < -0.3 is 15.8 Å². The molecule has 17 heavy (non-hydrogen) atoms. The fraction of sp³-hybridized carbons (Fsp3) is 0.500. The van der Waals surface area contributed by atoms with E-state index in [2.05, 4.69) is 15.0 Å². The molecule has 0 radical (unpaired) electrons. The van der Waals surface area contributed by atoms with E-state index in [0.717, 1.165) is 24.3 Å². The maximum Gasteiger partial charge on any atom is 0.172 e. The molecule has 2 heterocycles. The molecule has 1 aromatic heterocycles. The molecule has 5 heteroatoms. The van der Waals surface area contributed by atoms with Gasteiger partial charge in [-0.2, -0.15) is 0 Å². The molecule has 0 spiro atoms. The molecule has 92 valence electrons. The van der Waals surface area contributed by atoms with Crippen molar-refractivity contribution in [3.63, 3.8) is 0 Å². The van der Waals surface area contributed by atoms with E-state index in [1.165, 1.54) is 25.7 Å². The van der Waals surface area contributed by atoms with Gasteiger partial charge >= 0.3 is 0 Å². The van der Waals surface area contributed by atoms with Crippen LogP contribution in [0, 0.1) is 0 Å². The molecular formula is C12H18N4O. The third kappa shape index (κ3) is 2.67. The van der Waals surface area contributed by atoms with Gasteiger partial charge in [0.15, 0.2) is 5.84 Å². The van der Waals surface area contributed by atoms with Crippen LogP contribution in [0.25, 0.3) is 0 Å². The fourth-order valence-corrected chi connectivity index (χ4v) is 2.22. The van der Waals surface area contributed by atoms with Crippen molar-refractivity contribution in [3.05, 3.63) is 24.0 Å². The first kappa shape index (κ1) is 11.7. The SMILES string of the molecule is N/C(=N/O)c1ccncc1N1CCCCCC1. The zero-order valence-electron chi connectivity index (χ0n) is 9.84. The Labute approximate surface area is 101 Å². The molecule has 0 amide bonds. The van der Waals surface area contributed by atoms with Gasteiger partial charge in [0.25, 0.3) is 0 Å². The second kappa shape index (κ2) is 5.52. The number of hydrogen-bond donors (Lipinski definition) is 2. The number of pyridine rings is 1. The summed E-state index contributed by atoms with van der Waals surface area (Å²) in [5.41, 5.74) is 7.40. The minimum Gasteiger partial charge on any atom is -0.409 e. The van der Waals surface area contributed by atoms with Crippen molar-refractivity contribution in [2.45, 2.75) is 25.7 Å². The summed E-state index contributed by atoms with van der Waals surface area (Å²) in [5, 5.41) is 11.9. The van der Waals surface area contributed by atoms with E-state index < -0.39 is 0 Å². The normalized spacial score (nSPS) is 17.9. The molecule has 0 saturated carbocycles. The number of amidine groups is 1.